The largest absolute Gasteiger partial charge is 0.377 e. The normalized spacial score (nSPS) is 34.9. The maximum Gasteiger partial charge on any atom is 0.0702 e. The highest BCUT2D eigenvalue weighted by Crippen LogP contribution is 2.38. The summed E-state index contributed by atoms with van der Waals surface area (Å²) in [5, 5.41) is 0. The van der Waals surface area contributed by atoms with Gasteiger partial charge in [0, 0.05) is 25.7 Å². The van der Waals surface area contributed by atoms with Gasteiger partial charge in [-0.3, -0.25) is 0 Å². The van der Waals surface area contributed by atoms with E-state index in [2.05, 4.69) is 25.7 Å². The minimum atomic E-state index is 0.395. The van der Waals surface area contributed by atoms with Gasteiger partial charge in [-0.15, -0.1) is 0 Å². The molecular formula is C16H32N2O. The van der Waals surface area contributed by atoms with E-state index in [1.54, 1.807) is 0 Å². The van der Waals surface area contributed by atoms with Crippen LogP contribution in [0.15, 0.2) is 0 Å². The minimum Gasteiger partial charge on any atom is -0.377 e. The number of nitrogens with two attached hydrogens (primary N) is 1. The second-order valence-electron chi connectivity index (χ2n) is 7.32. The van der Waals surface area contributed by atoms with E-state index in [0.29, 0.717) is 23.5 Å². The number of hydrogen-bond acceptors (Lipinski definition) is 3. The molecule has 0 aromatic heterocycles. The first-order valence-electron chi connectivity index (χ1n) is 8.10. The number of rotatable bonds is 5. The Morgan fingerprint density at radius 3 is 2.68 bits per heavy atom. The summed E-state index contributed by atoms with van der Waals surface area (Å²) in [5.41, 5.74) is 6.83. The summed E-state index contributed by atoms with van der Waals surface area (Å²) in [6.07, 6.45) is 6.68. The molecule has 0 spiro atoms. The average molecular weight is 268 g/mol. The van der Waals surface area contributed by atoms with Gasteiger partial charge in [0.25, 0.3) is 0 Å². The highest BCUT2D eigenvalue weighted by atomic mass is 16.5. The van der Waals surface area contributed by atoms with Crippen molar-refractivity contribution in [1.82, 2.24) is 4.90 Å². The molecule has 0 amide bonds. The second-order valence-corrected chi connectivity index (χ2v) is 7.32. The molecule has 2 N–H and O–H groups in total. The summed E-state index contributed by atoms with van der Waals surface area (Å²) in [7, 11) is 0. The van der Waals surface area contributed by atoms with Crippen LogP contribution in [0, 0.1) is 11.3 Å². The van der Waals surface area contributed by atoms with E-state index < -0.39 is 0 Å². The number of hydrogen-bond donors (Lipinski definition) is 1. The number of likely N-dealkylation sites (N-methyl/N-ethyl adjacent to an activating group) is 1. The molecule has 3 heteroatoms. The third kappa shape index (κ3) is 4.44. The van der Waals surface area contributed by atoms with Crippen LogP contribution in [0.1, 0.15) is 52.9 Å². The van der Waals surface area contributed by atoms with Crippen molar-refractivity contribution in [1.29, 1.82) is 0 Å². The molecule has 1 heterocycles. The topological polar surface area (TPSA) is 38.5 Å². The van der Waals surface area contributed by atoms with E-state index in [-0.39, 0.29) is 0 Å². The van der Waals surface area contributed by atoms with Crippen LogP contribution in [0.5, 0.6) is 0 Å². The molecular weight excluding hydrogens is 236 g/mol. The Morgan fingerprint density at radius 2 is 2.05 bits per heavy atom. The molecule has 1 saturated heterocycles. The summed E-state index contributed by atoms with van der Waals surface area (Å²) in [5.74, 6) is 0.658. The molecule has 0 bridgehead atoms. The average Bonchev–Trinajstić information content (AvgIpc) is 2.85. The van der Waals surface area contributed by atoms with Crippen molar-refractivity contribution >= 4 is 0 Å². The molecule has 19 heavy (non-hydrogen) atoms. The van der Waals surface area contributed by atoms with Crippen LogP contribution < -0.4 is 5.73 Å². The Morgan fingerprint density at radius 1 is 1.26 bits per heavy atom. The van der Waals surface area contributed by atoms with E-state index >= 15 is 0 Å². The van der Waals surface area contributed by atoms with E-state index in [1.807, 2.05) is 0 Å². The van der Waals surface area contributed by atoms with Crippen LogP contribution in [0.2, 0.25) is 0 Å². The number of nitrogens with zero attached hydrogens (tertiary/aromatic N) is 1. The van der Waals surface area contributed by atoms with Gasteiger partial charge < -0.3 is 15.4 Å². The maximum atomic E-state index is 6.35. The van der Waals surface area contributed by atoms with Crippen molar-refractivity contribution in [3.63, 3.8) is 0 Å². The van der Waals surface area contributed by atoms with Gasteiger partial charge in [0.05, 0.1) is 6.10 Å². The molecule has 1 saturated carbocycles. The molecule has 3 unspecified atom stereocenters. The fourth-order valence-corrected chi connectivity index (χ4v) is 3.70. The molecule has 0 radical (unpaired) electrons. The smallest absolute Gasteiger partial charge is 0.0702 e. The van der Waals surface area contributed by atoms with Crippen molar-refractivity contribution in [2.45, 2.75) is 65.0 Å². The minimum absolute atomic E-state index is 0.395. The molecule has 2 fully saturated rings. The zero-order valence-corrected chi connectivity index (χ0v) is 13.0. The fraction of sp³-hybridized carbons (Fsp3) is 1.00. The Kier molecular flexibility index (Phi) is 5.27. The monoisotopic (exact) mass is 268 g/mol. The summed E-state index contributed by atoms with van der Waals surface area (Å²) >= 11 is 0. The van der Waals surface area contributed by atoms with Gasteiger partial charge >= 0.3 is 0 Å². The predicted molar refractivity (Wildman–Crippen MR) is 80.2 cm³/mol. The summed E-state index contributed by atoms with van der Waals surface area (Å²) in [6, 6.07) is 0.395. The van der Waals surface area contributed by atoms with Crippen LogP contribution >= 0.6 is 0 Å². The first-order chi connectivity index (χ1) is 9.00. The lowest BCUT2D eigenvalue weighted by atomic mass is 9.70. The standard InChI is InChI=1S/C16H32N2O/c1-4-18(12-14-6-5-9-19-14)11-13-10-16(2,3)8-7-15(13)17/h13-15H,4-12,17H2,1-3H3. The molecule has 1 aliphatic heterocycles. The summed E-state index contributed by atoms with van der Waals surface area (Å²) in [6.45, 7) is 11.4. The predicted octanol–water partition coefficient (Wildman–Crippen LogP) is 2.64. The fourth-order valence-electron chi connectivity index (χ4n) is 3.70. The van der Waals surface area contributed by atoms with Crippen molar-refractivity contribution in [3.05, 3.63) is 0 Å². The number of ether oxygens (including phenoxy) is 1. The van der Waals surface area contributed by atoms with Crippen molar-refractivity contribution in [3.8, 4) is 0 Å². The molecule has 112 valence electrons. The molecule has 0 aromatic rings. The lowest BCUT2D eigenvalue weighted by molar-refractivity contribution is 0.0556. The molecule has 3 atom stereocenters. The van der Waals surface area contributed by atoms with Gasteiger partial charge in [-0.05, 0) is 50.0 Å². The molecule has 2 rings (SSSR count). The maximum absolute atomic E-state index is 6.35. The van der Waals surface area contributed by atoms with Gasteiger partial charge in [0.1, 0.15) is 0 Å². The summed E-state index contributed by atoms with van der Waals surface area (Å²) in [4.78, 5) is 2.56. The van der Waals surface area contributed by atoms with Gasteiger partial charge in [-0.1, -0.05) is 20.8 Å². The second kappa shape index (κ2) is 6.55. The third-order valence-electron chi connectivity index (χ3n) is 5.00. The lowest BCUT2D eigenvalue weighted by Crippen LogP contribution is -2.46. The van der Waals surface area contributed by atoms with Gasteiger partial charge in [-0.2, -0.15) is 0 Å². The van der Waals surface area contributed by atoms with E-state index in [1.165, 1.54) is 32.1 Å². The van der Waals surface area contributed by atoms with Crippen LogP contribution in [0.25, 0.3) is 0 Å². The van der Waals surface area contributed by atoms with Gasteiger partial charge in [0.2, 0.25) is 0 Å². The zero-order chi connectivity index (χ0) is 13.9. The van der Waals surface area contributed by atoms with Crippen LogP contribution in [0.3, 0.4) is 0 Å². The highest BCUT2D eigenvalue weighted by Gasteiger charge is 2.34. The van der Waals surface area contributed by atoms with Crippen LogP contribution in [-0.2, 0) is 4.74 Å². The van der Waals surface area contributed by atoms with E-state index in [4.69, 9.17) is 10.5 Å². The zero-order valence-electron chi connectivity index (χ0n) is 13.0. The SMILES string of the molecule is CCN(CC1CCCO1)CC1CC(C)(C)CCC1N. The van der Waals surface area contributed by atoms with Crippen molar-refractivity contribution in [2.75, 3.05) is 26.2 Å². The quantitative estimate of drug-likeness (QED) is 0.833. The van der Waals surface area contributed by atoms with E-state index in [9.17, 15) is 0 Å². The Labute approximate surface area is 118 Å². The summed E-state index contributed by atoms with van der Waals surface area (Å²) < 4.78 is 5.77. The van der Waals surface area contributed by atoms with Crippen LogP contribution in [-0.4, -0.2) is 43.3 Å². The van der Waals surface area contributed by atoms with Crippen LogP contribution in [0.4, 0.5) is 0 Å². The Bertz CT molecular complexity index is 274. The van der Waals surface area contributed by atoms with Crippen molar-refractivity contribution < 1.29 is 4.74 Å². The molecule has 1 aliphatic carbocycles. The first-order valence-corrected chi connectivity index (χ1v) is 8.10. The van der Waals surface area contributed by atoms with E-state index in [0.717, 1.165) is 26.2 Å². The third-order valence-corrected chi connectivity index (χ3v) is 5.00. The molecule has 3 nitrogen and oxygen atoms in total. The van der Waals surface area contributed by atoms with Gasteiger partial charge in [-0.25, -0.2) is 0 Å². The molecule has 2 aliphatic rings. The highest BCUT2D eigenvalue weighted by molar-refractivity contribution is 4.89. The van der Waals surface area contributed by atoms with Gasteiger partial charge in [0.15, 0.2) is 0 Å². The molecule has 0 aromatic carbocycles. The first kappa shape index (κ1) is 15.3. The Balaban J connectivity index is 1.85. The van der Waals surface area contributed by atoms with Crippen molar-refractivity contribution in [2.24, 2.45) is 17.1 Å². The Hall–Kier alpha value is -0.120. The lowest BCUT2D eigenvalue weighted by Gasteiger charge is -2.41.